The molecule has 3 aromatic rings. The maximum atomic E-state index is 12.3. The second-order valence-electron chi connectivity index (χ2n) is 3.74. The van der Waals surface area contributed by atoms with Gasteiger partial charge < -0.3 is 0 Å². The standard InChI is InChI=1S/C13H10N2O2Se/c1-17-11-6-2-5-10-12(11)18-15(13(10)16)9-4-3-7-14-8-9/h2-8H,1H3. The average molecular weight is 305 g/mol. The molecule has 0 saturated heterocycles. The third-order valence-corrected chi connectivity index (χ3v) is 5.12. The van der Waals surface area contributed by atoms with Gasteiger partial charge in [-0.25, -0.2) is 0 Å². The molecule has 0 bridgehead atoms. The molecule has 5 heteroatoms. The van der Waals surface area contributed by atoms with E-state index in [0.29, 0.717) is 0 Å². The van der Waals surface area contributed by atoms with Crippen molar-refractivity contribution >= 4 is 24.4 Å². The number of methoxy groups -OCH3 is 1. The van der Waals surface area contributed by atoms with Crippen molar-refractivity contribution in [3.63, 3.8) is 0 Å². The number of rotatable bonds is 2. The third kappa shape index (κ3) is 1.68. The van der Waals surface area contributed by atoms with Crippen LogP contribution in [0.2, 0.25) is 0 Å². The van der Waals surface area contributed by atoms with Crippen LogP contribution in [0.4, 0.5) is 0 Å². The molecule has 0 saturated carbocycles. The first-order chi connectivity index (χ1) is 8.81. The van der Waals surface area contributed by atoms with Gasteiger partial charge in [0.1, 0.15) is 0 Å². The Kier molecular flexibility index (Phi) is 2.78. The van der Waals surface area contributed by atoms with Crippen molar-refractivity contribution in [2.24, 2.45) is 0 Å². The number of fused-ring (bicyclic) bond motifs is 1. The molecule has 0 aliphatic heterocycles. The molecule has 4 nitrogen and oxygen atoms in total. The predicted octanol–water partition coefficient (Wildman–Crippen LogP) is 1.45. The molecule has 0 aliphatic carbocycles. The summed E-state index contributed by atoms with van der Waals surface area (Å²) in [6.07, 6.45) is 3.41. The van der Waals surface area contributed by atoms with E-state index in [1.54, 1.807) is 23.1 Å². The minimum absolute atomic E-state index is 0.0249. The van der Waals surface area contributed by atoms with Crippen molar-refractivity contribution in [1.29, 1.82) is 0 Å². The molecule has 1 aromatic carbocycles. The van der Waals surface area contributed by atoms with E-state index < -0.39 is 0 Å². The Morgan fingerprint density at radius 3 is 2.89 bits per heavy atom. The van der Waals surface area contributed by atoms with E-state index in [1.165, 1.54) is 0 Å². The fourth-order valence-corrected chi connectivity index (χ4v) is 4.07. The maximum absolute atomic E-state index is 12.3. The molecule has 0 N–H and O–H groups in total. The molecule has 0 radical (unpaired) electrons. The van der Waals surface area contributed by atoms with Gasteiger partial charge in [0.15, 0.2) is 0 Å². The summed E-state index contributed by atoms with van der Waals surface area (Å²) in [6, 6.07) is 9.31. The minimum atomic E-state index is -0.0952. The Morgan fingerprint density at radius 1 is 1.28 bits per heavy atom. The summed E-state index contributed by atoms with van der Waals surface area (Å²) < 4.78 is 8.08. The summed E-state index contributed by atoms with van der Waals surface area (Å²) >= 11 is -0.0952. The van der Waals surface area contributed by atoms with Gasteiger partial charge in [-0.1, -0.05) is 0 Å². The van der Waals surface area contributed by atoms with Crippen LogP contribution >= 0.6 is 0 Å². The quantitative estimate of drug-likeness (QED) is 0.673. The van der Waals surface area contributed by atoms with E-state index in [4.69, 9.17) is 4.74 Å². The molecule has 0 aliphatic rings. The summed E-state index contributed by atoms with van der Waals surface area (Å²) in [4.78, 5) is 16.4. The molecule has 0 atom stereocenters. The number of hydrogen-bond acceptors (Lipinski definition) is 3. The number of nitrogens with zero attached hydrogens (tertiary/aromatic N) is 2. The van der Waals surface area contributed by atoms with Gasteiger partial charge in [-0.05, 0) is 0 Å². The SMILES string of the molecule is COc1cccc2c(=O)n(-c3cccnc3)[se]c12. The molecule has 2 heterocycles. The topological polar surface area (TPSA) is 44.1 Å². The summed E-state index contributed by atoms with van der Waals surface area (Å²) in [5.74, 6) is 0.784. The molecule has 18 heavy (non-hydrogen) atoms. The van der Waals surface area contributed by atoms with E-state index in [1.807, 2.05) is 30.3 Å². The van der Waals surface area contributed by atoms with Crippen LogP contribution < -0.4 is 10.3 Å². The van der Waals surface area contributed by atoms with Gasteiger partial charge in [0, 0.05) is 0 Å². The van der Waals surface area contributed by atoms with Crippen molar-refractivity contribution in [3.05, 3.63) is 53.1 Å². The van der Waals surface area contributed by atoms with E-state index >= 15 is 0 Å². The van der Waals surface area contributed by atoms with Crippen LogP contribution in [-0.2, 0) is 0 Å². The molecule has 2 aromatic heterocycles. The molecular weight excluding hydrogens is 295 g/mol. The molecule has 0 spiro atoms. The van der Waals surface area contributed by atoms with Crippen LogP contribution in [0.1, 0.15) is 0 Å². The van der Waals surface area contributed by atoms with Crippen LogP contribution in [0.25, 0.3) is 15.3 Å². The fraction of sp³-hybridized carbons (Fsp3) is 0.0769. The first kappa shape index (κ1) is 11.3. The van der Waals surface area contributed by atoms with Gasteiger partial charge in [0.05, 0.1) is 0 Å². The van der Waals surface area contributed by atoms with E-state index in [9.17, 15) is 4.79 Å². The fourth-order valence-electron chi connectivity index (χ4n) is 1.83. The Labute approximate surface area is 109 Å². The molecule has 3 rings (SSSR count). The van der Waals surface area contributed by atoms with Gasteiger partial charge >= 0.3 is 109 Å². The van der Waals surface area contributed by atoms with E-state index in [2.05, 4.69) is 4.98 Å². The van der Waals surface area contributed by atoms with Crippen molar-refractivity contribution in [2.45, 2.75) is 0 Å². The zero-order chi connectivity index (χ0) is 12.5. The van der Waals surface area contributed by atoms with E-state index in [0.717, 1.165) is 21.1 Å². The van der Waals surface area contributed by atoms with Crippen LogP contribution in [0.15, 0.2) is 47.5 Å². The average Bonchev–Trinajstić information content (AvgIpc) is 2.77. The molecule has 90 valence electrons. The molecule has 0 amide bonds. The Morgan fingerprint density at radius 2 is 2.17 bits per heavy atom. The Bertz CT molecular complexity index is 747. The molecular formula is C13H10N2O2Se. The van der Waals surface area contributed by atoms with Gasteiger partial charge in [-0.3, -0.25) is 0 Å². The second kappa shape index (κ2) is 4.44. The summed E-state index contributed by atoms with van der Waals surface area (Å²) in [5.41, 5.74) is 0.859. The first-order valence-electron chi connectivity index (χ1n) is 5.40. The van der Waals surface area contributed by atoms with Gasteiger partial charge in [-0.2, -0.15) is 0 Å². The Balaban J connectivity index is 2.33. The number of pyridine rings is 1. The monoisotopic (exact) mass is 306 g/mol. The van der Waals surface area contributed by atoms with E-state index in [-0.39, 0.29) is 20.3 Å². The summed E-state index contributed by atoms with van der Waals surface area (Å²) in [6.45, 7) is 0. The van der Waals surface area contributed by atoms with Crippen molar-refractivity contribution in [1.82, 2.24) is 8.55 Å². The summed E-state index contributed by atoms with van der Waals surface area (Å²) in [5, 5.41) is 0.734. The van der Waals surface area contributed by atoms with Crippen molar-refractivity contribution < 1.29 is 4.74 Å². The van der Waals surface area contributed by atoms with Gasteiger partial charge in [0.2, 0.25) is 0 Å². The number of ether oxygens (including phenoxy) is 1. The molecule has 0 unspecified atom stereocenters. The number of aromatic nitrogens is 2. The van der Waals surface area contributed by atoms with Crippen molar-refractivity contribution in [3.8, 4) is 11.4 Å². The third-order valence-electron chi connectivity index (χ3n) is 2.68. The Hall–Kier alpha value is -1.84. The number of hydrogen-bond donors (Lipinski definition) is 0. The van der Waals surface area contributed by atoms with Gasteiger partial charge in [0.25, 0.3) is 0 Å². The van der Waals surface area contributed by atoms with Crippen LogP contribution in [0.3, 0.4) is 0 Å². The zero-order valence-electron chi connectivity index (χ0n) is 9.66. The van der Waals surface area contributed by atoms with Crippen LogP contribution in [0, 0.1) is 0 Å². The van der Waals surface area contributed by atoms with Crippen LogP contribution in [-0.4, -0.2) is 30.4 Å². The van der Waals surface area contributed by atoms with Crippen LogP contribution in [0.5, 0.6) is 5.75 Å². The predicted molar refractivity (Wildman–Crippen MR) is 70.8 cm³/mol. The second-order valence-corrected chi connectivity index (χ2v) is 5.74. The first-order valence-corrected chi connectivity index (χ1v) is 7.03. The van der Waals surface area contributed by atoms with Crippen molar-refractivity contribution in [2.75, 3.05) is 7.11 Å². The number of benzene rings is 1. The summed E-state index contributed by atoms with van der Waals surface area (Å²) in [7, 11) is 1.63. The van der Waals surface area contributed by atoms with Gasteiger partial charge in [-0.15, -0.1) is 0 Å². The normalized spacial score (nSPS) is 10.7. The zero-order valence-corrected chi connectivity index (χ0v) is 11.4. The molecule has 0 fully saturated rings.